The van der Waals surface area contributed by atoms with Crippen LogP contribution in [0, 0.1) is 6.92 Å². The molecule has 1 rings (SSSR count). The Bertz CT molecular complexity index is 219. The fraction of sp³-hybridized carbons (Fsp3) is 0.500. The molecule has 1 aromatic heterocycles. The highest BCUT2D eigenvalue weighted by atomic mass is 28.3. The van der Waals surface area contributed by atoms with E-state index in [2.05, 4.69) is 25.7 Å². The van der Waals surface area contributed by atoms with Crippen molar-refractivity contribution in [2.24, 2.45) is 0 Å². The van der Waals surface area contributed by atoms with Crippen molar-refractivity contribution in [2.45, 2.75) is 26.6 Å². The Hall–Kier alpha value is -0.503. The van der Waals surface area contributed by atoms with Crippen molar-refractivity contribution >= 4 is 13.3 Å². The molecule has 0 aromatic carbocycles. The van der Waals surface area contributed by atoms with Crippen LogP contribution in [0.15, 0.2) is 16.7 Å². The molecule has 0 aliphatic rings. The fourth-order valence-electron chi connectivity index (χ4n) is 0.837. The van der Waals surface area contributed by atoms with Gasteiger partial charge in [-0.2, -0.15) is 0 Å². The first-order valence-corrected chi connectivity index (χ1v) is 7.06. The Labute approximate surface area is 63.1 Å². The molecule has 56 valence electrons. The maximum atomic E-state index is 5.23. The third-order valence-corrected chi connectivity index (χ3v) is 3.59. The maximum Gasteiger partial charge on any atom is 0.100 e. The van der Waals surface area contributed by atoms with Crippen LogP contribution in [0.2, 0.25) is 19.6 Å². The second-order valence-corrected chi connectivity index (χ2v) is 8.77. The molecule has 0 N–H and O–H groups in total. The molecule has 0 aliphatic heterocycles. The summed E-state index contributed by atoms with van der Waals surface area (Å²) in [5.41, 5.74) is 0. The van der Waals surface area contributed by atoms with E-state index in [1.54, 1.807) is 0 Å². The molecular weight excluding hydrogens is 140 g/mol. The first-order valence-electron chi connectivity index (χ1n) is 3.56. The van der Waals surface area contributed by atoms with Crippen molar-refractivity contribution in [3.05, 3.63) is 18.1 Å². The normalized spacial score (nSPS) is 12.0. The molecule has 1 nitrogen and oxygen atoms in total. The smallest absolute Gasteiger partial charge is 0.100 e. The largest absolute Gasteiger partial charge is 0.470 e. The van der Waals surface area contributed by atoms with Gasteiger partial charge >= 0.3 is 0 Å². The first kappa shape index (κ1) is 7.60. The lowest BCUT2D eigenvalue weighted by Gasteiger charge is -2.11. The van der Waals surface area contributed by atoms with E-state index in [-0.39, 0.29) is 0 Å². The maximum absolute atomic E-state index is 5.23. The summed E-state index contributed by atoms with van der Waals surface area (Å²) >= 11 is 0. The minimum Gasteiger partial charge on any atom is -0.470 e. The Morgan fingerprint density at radius 3 is 2.10 bits per heavy atom. The molecule has 2 heteroatoms. The van der Waals surface area contributed by atoms with Gasteiger partial charge in [0.05, 0.1) is 14.3 Å². The number of hydrogen-bond donors (Lipinski definition) is 0. The summed E-state index contributed by atoms with van der Waals surface area (Å²) in [6.07, 6.45) is 1.89. The molecule has 0 amide bonds. The third-order valence-electron chi connectivity index (χ3n) is 1.60. The highest BCUT2D eigenvalue weighted by Crippen LogP contribution is 2.04. The summed E-state index contributed by atoms with van der Waals surface area (Å²) in [4.78, 5) is 0. The van der Waals surface area contributed by atoms with Crippen molar-refractivity contribution in [3.63, 3.8) is 0 Å². The molecule has 0 spiro atoms. The molecule has 0 saturated heterocycles. The number of furan rings is 1. The summed E-state index contributed by atoms with van der Waals surface area (Å²) in [5.74, 6) is 1.03. The van der Waals surface area contributed by atoms with Crippen LogP contribution in [-0.2, 0) is 0 Å². The van der Waals surface area contributed by atoms with Gasteiger partial charge in [-0.25, -0.2) is 0 Å². The van der Waals surface area contributed by atoms with Crippen LogP contribution in [-0.4, -0.2) is 8.07 Å². The van der Waals surface area contributed by atoms with Crippen molar-refractivity contribution in [3.8, 4) is 0 Å². The zero-order valence-electron chi connectivity index (χ0n) is 7.06. The SMILES string of the molecule is Cc1cc([Si](C)(C)C)co1. The molecule has 0 saturated carbocycles. The molecule has 0 fully saturated rings. The van der Waals surface area contributed by atoms with Gasteiger partial charge in [-0.05, 0) is 18.2 Å². The Kier molecular flexibility index (Phi) is 1.73. The van der Waals surface area contributed by atoms with Crippen LogP contribution in [0.3, 0.4) is 0 Å². The number of rotatable bonds is 1. The van der Waals surface area contributed by atoms with E-state index in [4.69, 9.17) is 4.42 Å². The summed E-state index contributed by atoms with van der Waals surface area (Å²) in [5, 5.41) is 1.41. The number of aryl methyl sites for hydroxylation is 1. The molecule has 1 heterocycles. The van der Waals surface area contributed by atoms with Crippen LogP contribution in [0.5, 0.6) is 0 Å². The lowest BCUT2D eigenvalue weighted by molar-refractivity contribution is 0.535. The van der Waals surface area contributed by atoms with Gasteiger partial charge in [-0.1, -0.05) is 19.6 Å². The highest BCUT2D eigenvalue weighted by molar-refractivity contribution is 6.88. The van der Waals surface area contributed by atoms with E-state index < -0.39 is 8.07 Å². The highest BCUT2D eigenvalue weighted by Gasteiger charge is 2.17. The molecule has 10 heavy (non-hydrogen) atoms. The summed E-state index contributed by atoms with van der Waals surface area (Å²) in [6, 6.07) is 2.15. The number of hydrogen-bond acceptors (Lipinski definition) is 1. The van der Waals surface area contributed by atoms with E-state index in [1.165, 1.54) is 5.19 Å². The lowest BCUT2D eigenvalue weighted by Crippen LogP contribution is -2.36. The van der Waals surface area contributed by atoms with E-state index in [1.807, 2.05) is 13.2 Å². The summed E-state index contributed by atoms with van der Waals surface area (Å²) in [6.45, 7) is 8.94. The molecule has 0 bridgehead atoms. The lowest BCUT2D eigenvalue weighted by atomic mass is 10.5. The van der Waals surface area contributed by atoms with Crippen LogP contribution >= 0.6 is 0 Å². The molecule has 0 atom stereocenters. The quantitative estimate of drug-likeness (QED) is 0.565. The van der Waals surface area contributed by atoms with Gasteiger partial charge < -0.3 is 4.42 Å². The van der Waals surface area contributed by atoms with E-state index in [0.717, 1.165) is 5.76 Å². The van der Waals surface area contributed by atoms with Crippen molar-refractivity contribution < 1.29 is 4.42 Å². The Balaban J connectivity index is 2.96. The monoisotopic (exact) mass is 154 g/mol. The summed E-state index contributed by atoms with van der Waals surface area (Å²) < 4.78 is 5.23. The molecule has 1 aromatic rings. The van der Waals surface area contributed by atoms with Gasteiger partial charge in [0.15, 0.2) is 0 Å². The predicted octanol–water partition coefficient (Wildman–Crippen LogP) is 2.13. The molecular formula is C8H14OSi. The van der Waals surface area contributed by atoms with Gasteiger partial charge in [-0.3, -0.25) is 0 Å². The van der Waals surface area contributed by atoms with E-state index >= 15 is 0 Å². The van der Waals surface area contributed by atoms with Gasteiger partial charge in [0.25, 0.3) is 0 Å². The molecule has 0 unspecified atom stereocenters. The first-order chi connectivity index (χ1) is 4.50. The van der Waals surface area contributed by atoms with Gasteiger partial charge in [0.1, 0.15) is 5.76 Å². The third kappa shape index (κ3) is 1.51. The second kappa shape index (κ2) is 2.27. The zero-order chi connectivity index (χ0) is 7.78. The second-order valence-electron chi connectivity index (χ2n) is 3.70. The van der Waals surface area contributed by atoms with Crippen molar-refractivity contribution in [2.75, 3.05) is 0 Å². The van der Waals surface area contributed by atoms with E-state index in [9.17, 15) is 0 Å². The van der Waals surface area contributed by atoms with Crippen LogP contribution in [0.1, 0.15) is 5.76 Å². The average molecular weight is 154 g/mol. The van der Waals surface area contributed by atoms with Crippen molar-refractivity contribution in [1.29, 1.82) is 0 Å². The molecule has 0 radical (unpaired) electrons. The minimum absolute atomic E-state index is 1.03. The standard InChI is InChI=1S/C8H14OSi/c1-7-5-8(6-9-7)10(2,3)4/h5-6H,1-4H3. The van der Waals surface area contributed by atoms with Crippen LogP contribution < -0.4 is 5.19 Å². The van der Waals surface area contributed by atoms with Gasteiger partial charge in [0.2, 0.25) is 0 Å². The van der Waals surface area contributed by atoms with Crippen LogP contribution in [0.4, 0.5) is 0 Å². The summed E-state index contributed by atoms with van der Waals surface area (Å²) in [7, 11) is -1.11. The molecule has 0 aliphatic carbocycles. The Morgan fingerprint density at radius 1 is 1.30 bits per heavy atom. The van der Waals surface area contributed by atoms with E-state index in [0.29, 0.717) is 0 Å². The van der Waals surface area contributed by atoms with Gasteiger partial charge in [-0.15, -0.1) is 0 Å². The topological polar surface area (TPSA) is 13.1 Å². The van der Waals surface area contributed by atoms with Gasteiger partial charge in [0, 0.05) is 0 Å². The average Bonchev–Trinajstić information content (AvgIpc) is 2.11. The Morgan fingerprint density at radius 2 is 1.90 bits per heavy atom. The zero-order valence-corrected chi connectivity index (χ0v) is 8.06. The predicted molar refractivity (Wildman–Crippen MR) is 46.4 cm³/mol. The van der Waals surface area contributed by atoms with Crippen LogP contribution in [0.25, 0.3) is 0 Å². The minimum atomic E-state index is -1.11. The fourth-order valence-corrected chi connectivity index (χ4v) is 1.89. The van der Waals surface area contributed by atoms with Crippen molar-refractivity contribution in [1.82, 2.24) is 0 Å².